The van der Waals surface area contributed by atoms with Crippen LogP contribution in [0.25, 0.3) is 21.9 Å². The van der Waals surface area contributed by atoms with Crippen LogP contribution in [0.5, 0.6) is 0 Å². The van der Waals surface area contributed by atoms with Crippen LogP contribution in [-0.2, 0) is 6.42 Å². The highest BCUT2D eigenvalue weighted by Crippen LogP contribution is 2.37. The third-order valence-corrected chi connectivity index (χ3v) is 4.20. The number of benzene rings is 2. The van der Waals surface area contributed by atoms with Crippen LogP contribution in [0.2, 0.25) is 0 Å². The number of aliphatic hydroxyl groups is 1. The zero-order valence-electron chi connectivity index (χ0n) is 17.1. The van der Waals surface area contributed by atoms with Gasteiger partial charge in [-0.15, -0.1) is 0 Å². The van der Waals surface area contributed by atoms with Gasteiger partial charge in [-0.05, 0) is 61.6 Å². The fourth-order valence-electron chi connectivity index (χ4n) is 3.07. The highest BCUT2D eigenvalue weighted by atomic mass is 32.2. The SMILES string of the molecule is CC(C)(O)Cc1nc(N)c2cc(N)c(C=N)cc2c1-c1ccc(F)cc1.CSC. The number of rotatable bonds is 4. The second-order valence-electron chi connectivity index (χ2n) is 7.39. The molecule has 0 aliphatic heterocycles. The molecule has 7 heteroatoms. The van der Waals surface area contributed by atoms with E-state index in [1.165, 1.54) is 18.3 Å². The van der Waals surface area contributed by atoms with Crippen LogP contribution in [-0.4, -0.2) is 34.4 Å². The summed E-state index contributed by atoms with van der Waals surface area (Å²) in [4.78, 5) is 4.49. The van der Waals surface area contributed by atoms with E-state index in [1.54, 1.807) is 49.9 Å². The van der Waals surface area contributed by atoms with Crippen LogP contribution in [0, 0.1) is 11.2 Å². The molecular weight excluding hydrogens is 387 g/mol. The molecule has 0 fully saturated rings. The molecule has 2 aromatic carbocycles. The number of hydrogen-bond donors (Lipinski definition) is 4. The van der Waals surface area contributed by atoms with E-state index in [4.69, 9.17) is 16.9 Å². The summed E-state index contributed by atoms with van der Waals surface area (Å²) in [7, 11) is 0. The van der Waals surface area contributed by atoms with Crippen molar-refractivity contribution in [2.75, 3.05) is 24.0 Å². The molecule has 0 saturated carbocycles. The number of hydrogen-bond acceptors (Lipinski definition) is 6. The quantitative estimate of drug-likeness (QED) is 0.371. The van der Waals surface area contributed by atoms with Crippen molar-refractivity contribution >= 4 is 40.3 Å². The first-order chi connectivity index (χ1) is 13.6. The van der Waals surface area contributed by atoms with Crippen LogP contribution in [0.4, 0.5) is 15.9 Å². The van der Waals surface area contributed by atoms with Gasteiger partial charge >= 0.3 is 0 Å². The van der Waals surface area contributed by atoms with Crippen molar-refractivity contribution in [2.45, 2.75) is 25.9 Å². The Morgan fingerprint density at radius 1 is 1.14 bits per heavy atom. The van der Waals surface area contributed by atoms with Crippen LogP contribution in [0.1, 0.15) is 25.1 Å². The van der Waals surface area contributed by atoms with Gasteiger partial charge in [-0.3, -0.25) is 0 Å². The summed E-state index contributed by atoms with van der Waals surface area (Å²) in [6.45, 7) is 3.38. The number of halogens is 1. The number of nitrogens with two attached hydrogens (primary N) is 2. The fourth-order valence-corrected chi connectivity index (χ4v) is 3.07. The van der Waals surface area contributed by atoms with Crippen molar-refractivity contribution in [1.82, 2.24) is 4.98 Å². The number of nitrogens with zero attached hydrogens (tertiary/aromatic N) is 1. The summed E-state index contributed by atoms with van der Waals surface area (Å²) in [5, 5.41) is 19.3. The molecule has 1 heterocycles. The third kappa shape index (κ3) is 5.46. The molecule has 0 bridgehead atoms. The maximum Gasteiger partial charge on any atom is 0.131 e. The minimum Gasteiger partial charge on any atom is -0.398 e. The van der Waals surface area contributed by atoms with Gasteiger partial charge in [0.1, 0.15) is 11.6 Å². The molecule has 0 aliphatic carbocycles. The summed E-state index contributed by atoms with van der Waals surface area (Å²) in [6.07, 6.45) is 5.53. The maximum atomic E-state index is 13.4. The Bertz CT molecular complexity index is 1010. The Kier molecular flexibility index (Phi) is 7.21. The minimum atomic E-state index is -1.000. The Hall–Kier alpha value is -2.64. The van der Waals surface area contributed by atoms with E-state index in [0.29, 0.717) is 28.1 Å². The molecule has 0 unspecified atom stereocenters. The van der Waals surface area contributed by atoms with Gasteiger partial charge in [-0.1, -0.05) is 12.1 Å². The zero-order chi connectivity index (χ0) is 21.8. The van der Waals surface area contributed by atoms with Crippen LogP contribution in [0.3, 0.4) is 0 Å². The lowest BCUT2D eigenvalue weighted by Gasteiger charge is -2.21. The van der Waals surface area contributed by atoms with Gasteiger partial charge in [0.05, 0.1) is 11.3 Å². The van der Waals surface area contributed by atoms with Crippen LogP contribution < -0.4 is 11.5 Å². The van der Waals surface area contributed by atoms with E-state index in [9.17, 15) is 9.50 Å². The molecule has 0 aliphatic rings. The van der Waals surface area contributed by atoms with Gasteiger partial charge in [0.15, 0.2) is 0 Å². The average Bonchev–Trinajstić information content (AvgIpc) is 2.62. The van der Waals surface area contributed by atoms with Gasteiger partial charge in [-0.2, -0.15) is 11.8 Å². The molecule has 0 amide bonds. The number of anilines is 2. The number of aromatic nitrogens is 1. The third-order valence-electron chi connectivity index (χ3n) is 4.20. The van der Waals surface area contributed by atoms with Crippen molar-refractivity contribution in [3.8, 4) is 11.1 Å². The molecule has 6 N–H and O–H groups in total. The van der Waals surface area contributed by atoms with Gasteiger partial charge in [0.25, 0.3) is 0 Å². The Balaban J connectivity index is 0.000000941. The molecule has 0 atom stereocenters. The number of nitrogens with one attached hydrogen (secondary N) is 1. The lowest BCUT2D eigenvalue weighted by molar-refractivity contribution is 0.0802. The number of pyridine rings is 1. The highest BCUT2D eigenvalue weighted by Gasteiger charge is 2.22. The van der Waals surface area contributed by atoms with E-state index in [0.717, 1.165) is 16.5 Å². The average molecular weight is 415 g/mol. The molecule has 0 saturated heterocycles. The predicted octanol–water partition coefficient (Wildman–Crippen LogP) is 4.50. The van der Waals surface area contributed by atoms with Gasteiger partial charge in [0, 0.05) is 34.8 Å². The van der Waals surface area contributed by atoms with Gasteiger partial charge < -0.3 is 22.0 Å². The topological polar surface area (TPSA) is 109 Å². The molecule has 1 aromatic heterocycles. The summed E-state index contributed by atoms with van der Waals surface area (Å²) in [5.41, 5.74) is 14.2. The molecule has 5 nitrogen and oxygen atoms in total. The van der Waals surface area contributed by atoms with Gasteiger partial charge in [-0.25, -0.2) is 9.37 Å². The van der Waals surface area contributed by atoms with Gasteiger partial charge in [0.2, 0.25) is 0 Å². The van der Waals surface area contributed by atoms with Crippen LogP contribution >= 0.6 is 11.8 Å². The second-order valence-corrected chi connectivity index (χ2v) is 8.21. The van der Waals surface area contributed by atoms with E-state index < -0.39 is 5.60 Å². The van der Waals surface area contributed by atoms with E-state index in [2.05, 4.69) is 4.98 Å². The minimum absolute atomic E-state index is 0.268. The largest absolute Gasteiger partial charge is 0.398 e. The lowest BCUT2D eigenvalue weighted by Crippen LogP contribution is -2.23. The molecule has 154 valence electrons. The standard InChI is InChI=1S/C20H21FN4O.C2H6S/c1-20(2,26)9-17-18(11-3-5-13(21)6-4-11)14-7-12(10-22)16(23)8-15(14)19(24)25-17;1-3-2/h3-8,10,22,26H,9,23H2,1-2H3,(H2,24,25);1-2H3. The van der Waals surface area contributed by atoms with E-state index in [1.807, 2.05) is 12.5 Å². The Morgan fingerprint density at radius 3 is 2.24 bits per heavy atom. The van der Waals surface area contributed by atoms with Crippen molar-refractivity contribution in [2.24, 2.45) is 0 Å². The molecule has 3 aromatic rings. The Labute approximate surface area is 174 Å². The van der Waals surface area contributed by atoms with Crippen molar-refractivity contribution in [1.29, 1.82) is 5.41 Å². The summed E-state index contributed by atoms with van der Waals surface area (Å²) < 4.78 is 13.4. The first-order valence-corrected chi connectivity index (χ1v) is 10.6. The van der Waals surface area contributed by atoms with Crippen molar-refractivity contribution in [3.63, 3.8) is 0 Å². The molecular formula is C22H27FN4OS. The van der Waals surface area contributed by atoms with E-state index >= 15 is 0 Å². The lowest BCUT2D eigenvalue weighted by atomic mass is 9.90. The summed E-state index contributed by atoms with van der Waals surface area (Å²) in [5.74, 6) is -0.0386. The number of nitrogen functional groups attached to an aromatic ring is 2. The van der Waals surface area contributed by atoms with Crippen LogP contribution in [0.15, 0.2) is 36.4 Å². The monoisotopic (exact) mass is 414 g/mol. The number of fused-ring (bicyclic) bond motifs is 1. The first-order valence-electron chi connectivity index (χ1n) is 9.01. The fraction of sp³-hybridized carbons (Fsp3) is 0.273. The summed E-state index contributed by atoms with van der Waals surface area (Å²) >= 11 is 1.75. The van der Waals surface area contributed by atoms with Crippen molar-refractivity contribution < 1.29 is 9.50 Å². The normalized spacial score (nSPS) is 11.1. The smallest absolute Gasteiger partial charge is 0.131 e. The zero-order valence-corrected chi connectivity index (χ0v) is 17.9. The number of thioether (sulfide) groups is 1. The molecule has 0 spiro atoms. The maximum absolute atomic E-state index is 13.4. The Morgan fingerprint density at radius 2 is 1.72 bits per heavy atom. The molecule has 3 rings (SSSR count). The first kappa shape index (κ1) is 22.6. The highest BCUT2D eigenvalue weighted by molar-refractivity contribution is 7.97. The molecule has 0 radical (unpaired) electrons. The molecule has 29 heavy (non-hydrogen) atoms. The van der Waals surface area contributed by atoms with E-state index in [-0.39, 0.29) is 12.2 Å². The second kappa shape index (κ2) is 9.24. The van der Waals surface area contributed by atoms with Crippen molar-refractivity contribution in [3.05, 3.63) is 53.5 Å². The summed E-state index contributed by atoms with van der Waals surface area (Å²) in [6, 6.07) is 9.55. The predicted molar refractivity (Wildman–Crippen MR) is 123 cm³/mol.